The first-order valence-corrected chi connectivity index (χ1v) is 4.20. The van der Waals surface area contributed by atoms with Gasteiger partial charge in [-0.3, -0.25) is 4.98 Å². The van der Waals surface area contributed by atoms with Crippen LogP contribution >= 0.6 is 0 Å². The zero-order valence-corrected chi connectivity index (χ0v) is 6.83. The molecule has 1 aromatic rings. The van der Waals surface area contributed by atoms with Crippen molar-refractivity contribution >= 4 is 0 Å². The van der Waals surface area contributed by atoms with Crippen molar-refractivity contribution in [3.05, 3.63) is 29.6 Å². The molecular formula is C9H12N2O. The van der Waals surface area contributed by atoms with Gasteiger partial charge in [-0.05, 0) is 25.1 Å². The Morgan fingerprint density at radius 3 is 3.00 bits per heavy atom. The van der Waals surface area contributed by atoms with Gasteiger partial charge in [0.25, 0.3) is 0 Å². The van der Waals surface area contributed by atoms with Crippen molar-refractivity contribution in [2.45, 2.75) is 19.1 Å². The van der Waals surface area contributed by atoms with E-state index in [1.54, 1.807) is 0 Å². The SMILES string of the molecule is OCc1cccc([C@@H]2CCN2)n1. The van der Waals surface area contributed by atoms with E-state index in [4.69, 9.17) is 5.11 Å². The Kier molecular flexibility index (Phi) is 2.06. The third-order valence-electron chi connectivity index (χ3n) is 2.17. The van der Waals surface area contributed by atoms with Gasteiger partial charge in [0.2, 0.25) is 0 Å². The minimum Gasteiger partial charge on any atom is -0.390 e. The van der Waals surface area contributed by atoms with Gasteiger partial charge in [-0.25, -0.2) is 0 Å². The van der Waals surface area contributed by atoms with Crippen LogP contribution in [-0.2, 0) is 6.61 Å². The lowest BCUT2D eigenvalue weighted by atomic mass is 10.0. The Labute approximate surface area is 71.4 Å². The summed E-state index contributed by atoms with van der Waals surface area (Å²) in [7, 11) is 0. The molecule has 1 atom stereocenters. The van der Waals surface area contributed by atoms with E-state index < -0.39 is 0 Å². The molecule has 1 aliphatic heterocycles. The second kappa shape index (κ2) is 3.21. The number of nitrogens with zero attached hydrogens (tertiary/aromatic N) is 1. The lowest BCUT2D eigenvalue weighted by Crippen LogP contribution is -2.35. The molecule has 0 aliphatic carbocycles. The number of pyridine rings is 1. The van der Waals surface area contributed by atoms with Gasteiger partial charge in [-0.2, -0.15) is 0 Å². The van der Waals surface area contributed by atoms with Gasteiger partial charge in [0.05, 0.1) is 24.0 Å². The maximum Gasteiger partial charge on any atom is 0.0853 e. The molecule has 0 bridgehead atoms. The van der Waals surface area contributed by atoms with E-state index in [0.29, 0.717) is 6.04 Å². The summed E-state index contributed by atoms with van der Waals surface area (Å²) in [5, 5.41) is 12.1. The van der Waals surface area contributed by atoms with Crippen molar-refractivity contribution in [3.8, 4) is 0 Å². The lowest BCUT2D eigenvalue weighted by molar-refractivity contribution is 0.275. The minimum absolute atomic E-state index is 0.0283. The third kappa shape index (κ3) is 1.33. The number of aliphatic hydroxyl groups is 1. The first-order valence-electron chi connectivity index (χ1n) is 4.20. The van der Waals surface area contributed by atoms with Crippen LogP contribution in [0.25, 0.3) is 0 Å². The molecule has 0 radical (unpaired) electrons. The summed E-state index contributed by atoms with van der Waals surface area (Å²) in [6, 6.07) is 6.18. The molecule has 1 aliphatic rings. The molecule has 1 saturated heterocycles. The molecule has 12 heavy (non-hydrogen) atoms. The van der Waals surface area contributed by atoms with E-state index in [1.165, 1.54) is 0 Å². The Morgan fingerprint density at radius 2 is 2.42 bits per heavy atom. The molecule has 64 valence electrons. The van der Waals surface area contributed by atoms with Gasteiger partial charge in [-0.1, -0.05) is 6.07 Å². The standard InChI is InChI=1S/C9H12N2O/c12-6-7-2-1-3-9(11-7)8-4-5-10-8/h1-3,8,10,12H,4-6H2/t8-/m0/s1. The van der Waals surface area contributed by atoms with Crippen molar-refractivity contribution in [2.75, 3.05) is 6.54 Å². The van der Waals surface area contributed by atoms with Crippen LogP contribution < -0.4 is 5.32 Å². The predicted molar refractivity (Wildman–Crippen MR) is 45.5 cm³/mol. The number of nitrogens with one attached hydrogen (secondary N) is 1. The molecular weight excluding hydrogens is 152 g/mol. The third-order valence-corrected chi connectivity index (χ3v) is 2.17. The summed E-state index contributed by atoms with van der Waals surface area (Å²) in [5.41, 5.74) is 1.80. The monoisotopic (exact) mass is 164 g/mol. The van der Waals surface area contributed by atoms with Gasteiger partial charge in [0.15, 0.2) is 0 Å². The van der Waals surface area contributed by atoms with Crippen LogP contribution in [0, 0.1) is 0 Å². The highest BCUT2D eigenvalue weighted by Crippen LogP contribution is 2.20. The Bertz CT molecular complexity index is 271. The van der Waals surface area contributed by atoms with Crippen molar-refractivity contribution in [1.82, 2.24) is 10.3 Å². The fraction of sp³-hybridized carbons (Fsp3) is 0.444. The summed E-state index contributed by atoms with van der Waals surface area (Å²) in [4.78, 5) is 4.30. The maximum absolute atomic E-state index is 8.85. The number of aromatic nitrogens is 1. The van der Waals surface area contributed by atoms with Gasteiger partial charge >= 0.3 is 0 Å². The van der Waals surface area contributed by atoms with Crippen LogP contribution in [0.4, 0.5) is 0 Å². The molecule has 2 heterocycles. The average Bonchev–Trinajstić information content (AvgIpc) is 2.02. The molecule has 0 saturated carbocycles. The molecule has 3 nitrogen and oxygen atoms in total. The molecule has 3 heteroatoms. The summed E-state index contributed by atoms with van der Waals surface area (Å²) < 4.78 is 0. The molecule has 2 rings (SSSR count). The highest BCUT2D eigenvalue weighted by Gasteiger charge is 2.19. The minimum atomic E-state index is 0.0283. The molecule has 0 amide bonds. The maximum atomic E-state index is 8.85. The predicted octanol–water partition coefficient (Wildman–Crippen LogP) is 0.608. The van der Waals surface area contributed by atoms with Gasteiger partial charge < -0.3 is 10.4 Å². The summed E-state index contributed by atoms with van der Waals surface area (Å²) >= 11 is 0. The van der Waals surface area contributed by atoms with E-state index >= 15 is 0 Å². The quantitative estimate of drug-likeness (QED) is 0.673. The van der Waals surface area contributed by atoms with Crippen LogP contribution in [0.15, 0.2) is 18.2 Å². The molecule has 1 fully saturated rings. The number of rotatable bonds is 2. The zero-order valence-electron chi connectivity index (χ0n) is 6.83. The number of hydrogen-bond acceptors (Lipinski definition) is 3. The van der Waals surface area contributed by atoms with E-state index in [-0.39, 0.29) is 6.61 Å². The van der Waals surface area contributed by atoms with Gasteiger partial charge in [-0.15, -0.1) is 0 Å². The molecule has 1 aromatic heterocycles. The normalized spacial score (nSPS) is 21.9. The fourth-order valence-electron chi connectivity index (χ4n) is 1.32. The molecule has 2 N–H and O–H groups in total. The largest absolute Gasteiger partial charge is 0.390 e. The van der Waals surface area contributed by atoms with E-state index in [2.05, 4.69) is 10.3 Å². The first-order chi connectivity index (χ1) is 5.90. The first kappa shape index (κ1) is 7.71. The Hall–Kier alpha value is -0.930. The van der Waals surface area contributed by atoms with E-state index in [1.807, 2.05) is 18.2 Å². The summed E-state index contributed by atoms with van der Waals surface area (Å²) in [6.07, 6.45) is 1.15. The van der Waals surface area contributed by atoms with Crippen LogP contribution in [-0.4, -0.2) is 16.6 Å². The zero-order chi connectivity index (χ0) is 8.39. The average molecular weight is 164 g/mol. The van der Waals surface area contributed by atoms with Crippen LogP contribution in [0.1, 0.15) is 23.9 Å². The molecule has 0 unspecified atom stereocenters. The lowest BCUT2D eigenvalue weighted by Gasteiger charge is -2.27. The van der Waals surface area contributed by atoms with E-state index in [9.17, 15) is 0 Å². The Balaban J connectivity index is 2.19. The van der Waals surface area contributed by atoms with E-state index in [0.717, 1.165) is 24.4 Å². The van der Waals surface area contributed by atoms with Gasteiger partial charge in [0.1, 0.15) is 0 Å². The van der Waals surface area contributed by atoms with Crippen molar-refractivity contribution in [2.24, 2.45) is 0 Å². The smallest absolute Gasteiger partial charge is 0.0853 e. The highest BCUT2D eigenvalue weighted by molar-refractivity contribution is 5.15. The molecule has 0 aromatic carbocycles. The van der Waals surface area contributed by atoms with Crippen molar-refractivity contribution in [3.63, 3.8) is 0 Å². The van der Waals surface area contributed by atoms with Crippen LogP contribution in [0.2, 0.25) is 0 Å². The second-order valence-electron chi connectivity index (χ2n) is 3.01. The van der Waals surface area contributed by atoms with Gasteiger partial charge in [0, 0.05) is 0 Å². The van der Waals surface area contributed by atoms with Crippen LogP contribution in [0.3, 0.4) is 0 Å². The summed E-state index contributed by atoms with van der Waals surface area (Å²) in [5.74, 6) is 0. The Morgan fingerprint density at radius 1 is 1.58 bits per heavy atom. The topological polar surface area (TPSA) is 45.1 Å². The summed E-state index contributed by atoms with van der Waals surface area (Å²) in [6.45, 7) is 1.11. The van der Waals surface area contributed by atoms with Crippen LogP contribution in [0.5, 0.6) is 0 Å². The van der Waals surface area contributed by atoms with Crippen molar-refractivity contribution < 1.29 is 5.11 Å². The molecule has 0 spiro atoms. The highest BCUT2D eigenvalue weighted by atomic mass is 16.3. The fourth-order valence-corrected chi connectivity index (χ4v) is 1.32. The number of aliphatic hydroxyl groups excluding tert-OH is 1. The second-order valence-corrected chi connectivity index (χ2v) is 3.01. The number of hydrogen-bond donors (Lipinski definition) is 2. The van der Waals surface area contributed by atoms with Crippen molar-refractivity contribution in [1.29, 1.82) is 0 Å².